The fourth-order valence-electron chi connectivity index (χ4n) is 2.85. The summed E-state index contributed by atoms with van der Waals surface area (Å²) in [5.41, 5.74) is 0.251. The van der Waals surface area contributed by atoms with Gasteiger partial charge in [0.05, 0.1) is 17.2 Å². The molecule has 1 atom stereocenters. The second kappa shape index (κ2) is 10.9. The second-order valence-electron chi connectivity index (χ2n) is 6.79. The maximum absolute atomic E-state index is 12.4. The minimum Gasteiger partial charge on any atom is -0.357 e. The van der Waals surface area contributed by atoms with Gasteiger partial charge >= 0.3 is 6.03 Å². The quantitative estimate of drug-likeness (QED) is 0.160. The van der Waals surface area contributed by atoms with E-state index in [9.17, 15) is 9.59 Å². The first-order chi connectivity index (χ1) is 12.8. The molecule has 10 heteroatoms. The number of rotatable bonds is 8. The van der Waals surface area contributed by atoms with Crippen molar-refractivity contribution >= 4 is 53.2 Å². The predicted octanol–water partition coefficient (Wildman–Crippen LogP) is 2.54. The molecule has 1 saturated heterocycles. The third-order valence-corrected chi connectivity index (χ3v) is 5.69. The Morgan fingerprint density at radius 3 is 2.54 bits per heavy atom. The number of carbonyl (C=O) groups is 2. The molecule has 1 aromatic heterocycles. The van der Waals surface area contributed by atoms with E-state index in [4.69, 9.17) is 0 Å². The number of aromatic nitrogens is 1. The van der Waals surface area contributed by atoms with Gasteiger partial charge in [-0.3, -0.25) is 9.69 Å². The Kier molecular flexibility index (Phi) is 9.61. The summed E-state index contributed by atoms with van der Waals surface area (Å²) in [6.45, 7) is 12.0. The lowest BCUT2D eigenvalue weighted by molar-refractivity contribution is -0.130. The minimum atomic E-state index is -0.772. The highest BCUT2D eigenvalue weighted by Gasteiger charge is 2.45. The zero-order valence-electron chi connectivity index (χ0n) is 17.2. The van der Waals surface area contributed by atoms with Crippen molar-refractivity contribution in [3.8, 4) is 0 Å². The lowest BCUT2D eigenvalue weighted by Crippen LogP contribution is -2.43. The van der Waals surface area contributed by atoms with Gasteiger partial charge in [-0.05, 0) is 40.5 Å². The Hall–Kier alpha value is -1.43. The molecule has 0 spiro atoms. The smallest absolute Gasteiger partial charge is 0.325 e. The van der Waals surface area contributed by atoms with Crippen molar-refractivity contribution in [2.75, 3.05) is 19.6 Å². The molecule has 0 radical (unpaired) electrons. The number of thiazole rings is 1. The number of nitrogens with zero attached hydrogens (tertiary/aromatic N) is 3. The molecule has 0 saturated carbocycles. The Morgan fingerprint density at radius 1 is 1.29 bits per heavy atom. The number of amides is 3. The van der Waals surface area contributed by atoms with Gasteiger partial charge in [0.25, 0.3) is 5.91 Å². The number of nitrogens with one attached hydrogen (secondary N) is 3. The van der Waals surface area contributed by atoms with Gasteiger partial charge in [0.15, 0.2) is 5.96 Å². The van der Waals surface area contributed by atoms with Crippen molar-refractivity contribution in [3.63, 3.8) is 0 Å². The van der Waals surface area contributed by atoms with Crippen LogP contribution in [0.5, 0.6) is 0 Å². The Bertz CT molecular complexity index is 723. The van der Waals surface area contributed by atoms with Gasteiger partial charge in [-0.25, -0.2) is 14.8 Å². The maximum Gasteiger partial charge on any atom is 0.325 e. The van der Waals surface area contributed by atoms with Gasteiger partial charge < -0.3 is 16.0 Å². The fraction of sp³-hybridized carbons (Fsp3) is 0.667. The first-order valence-electron chi connectivity index (χ1n) is 9.40. The summed E-state index contributed by atoms with van der Waals surface area (Å²) < 4.78 is 0. The van der Waals surface area contributed by atoms with Crippen LogP contribution in [0.2, 0.25) is 0 Å². The Morgan fingerprint density at radius 2 is 2.00 bits per heavy atom. The van der Waals surface area contributed by atoms with Gasteiger partial charge in [-0.2, -0.15) is 0 Å². The van der Waals surface area contributed by atoms with Crippen molar-refractivity contribution in [1.82, 2.24) is 25.8 Å². The summed E-state index contributed by atoms with van der Waals surface area (Å²) in [7, 11) is 0. The molecule has 158 valence electrons. The van der Waals surface area contributed by atoms with Crippen molar-refractivity contribution < 1.29 is 9.59 Å². The van der Waals surface area contributed by atoms with Gasteiger partial charge in [0.1, 0.15) is 5.54 Å². The summed E-state index contributed by atoms with van der Waals surface area (Å²) in [5, 5.41) is 10.3. The number of halogens is 1. The van der Waals surface area contributed by atoms with E-state index in [1.165, 1.54) is 4.90 Å². The first-order valence-corrected chi connectivity index (χ1v) is 10.2. The van der Waals surface area contributed by atoms with E-state index in [-0.39, 0.29) is 35.9 Å². The lowest BCUT2D eigenvalue weighted by Gasteiger charge is -2.19. The standard InChI is InChI=1S/C18H30N6O2S.HI/c1-6-18(5)15(25)24(17(26)23-18)10-8-9-20-16(19-7-2)21-11-14-12(3)22-13(4)27-14;/h6-11H2,1-5H3,(H,23,26)(H2,19,20,21);1H. The molecular weight excluding hydrogens is 491 g/mol. The number of guanidine groups is 1. The van der Waals surface area contributed by atoms with Gasteiger partial charge in [0, 0.05) is 24.5 Å². The van der Waals surface area contributed by atoms with E-state index in [0.717, 1.165) is 28.1 Å². The highest BCUT2D eigenvalue weighted by atomic mass is 127. The number of aliphatic imine (C=N–C) groups is 1. The molecule has 28 heavy (non-hydrogen) atoms. The van der Waals surface area contributed by atoms with Crippen LogP contribution in [-0.4, -0.2) is 53.0 Å². The number of carbonyl (C=O) groups excluding carboxylic acids is 2. The topological polar surface area (TPSA) is 98.7 Å². The van der Waals surface area contributed by atoms with Gasteiger partial charge in [-0.15, -0.1) is 35.3 Å². The summed E-state index contributed by atoms with van der Waals surface area (Å²) in [4.78, 5) is 35.9. The van der Waals surface area contributed by atoms with Gasteiger partial charge in [0.2, 0.25) is 0 Å². The predicted molar refractivity (Wildman–Crippen MR) is 123 cm³/mol. The summed E-state index contributed by atoms with van der Waals surface area (Å²) >= 11 is 1.66. The molecule has 0 aliphatic carbocycles. The largest absolute Gasteiger partial charge is 0.357 e. The number of aryl methyl sites for hydroxylation is 2. The van der Waals surface area contributed by atoms with Crippen molar-refractivity contribution in [3.05, 3.63) is 15.6 Å². The van der Waals surface area contributed by atoms with E-state index in [2.05, 4.69) is 25.9 Å². The zero-order valence-corrected chi connectivity index (χ0v) is 20.4. The molecule has 1 aliphatic heterocycles. The Labute approximate surface area is 188 Å². The average Bonchev–Trinajstić information content (AvgIpc) is 3.06. The van der Waals surface area contributed by atoms with Crippen molar-refractivity contribution in [1.29, 1.82) is 0 Å². The van der Waals surface area contributed by atoms with Crippen LogP contribution in [0.4, 0.5) is 4.79 Å². The Balaban J connectivity index is 0.00000392. The highest BCUT2D eigenvalue weighted by molar-refractivity contribution is 14.0. The highest BCUT2D eigenvalue weighted by Crippen LogP contribution is 2.20. The van der Waals surface area contributed by atoms with Crippen LogP contribution in [0.15, 0.2) is 4.99 Å². The molecule has 1 aromatic rings. The number of hydrogen-bond donors (Lipinski definition) is 3. The van der Waals surface area contributed by atoms with E-state index < -0.39 is 5.54 Å². The molecule has 2 heterocycles. The molecule has 0 aromatic carbocycles. The number of imide groups is 1. The molecule has 1 fully saturated rings. The van der Waals surface area contributed by atoms with Crippen LogP contribution >= 0.6 is 35.3 Å². The normalized spacial score (nSPS) is 19.5. The SMILES string of the molecule is CCNC(=NCc1sc(C)nc1C)NCCCN1C(=O)NC(C)(CC)C1=O.I. The molecular formula is C18H31IN6O2S. The average molecular weight is 522 g/mol. The lowest BCUT2D eigenvalue weighted by atomic mass is 9.99. The van der Waals surface area contributed by atoms with Crippen LogP contribution in [-0.2, 0) is 11.3 Å². The monoisotopic (exact) mass is 522 g/mol. The van der Waals surface area contributed by atoms with E-state index in [1.54, 1.807) is 18.3 Å². The molecule has 2 rings (SSSR count). The maximum atomic E-state index is 12.4. The molecule has 3 N–H and O–H groups in total. The summed E-state index contributed by atoms with van der Waals surface area (Å²) in [6, 6.07) is -0.305. The fourth-order valence-corrected chi connectivity index (χ4v) is 3.71. The van der Waals surface area contributed by atoms with Crippen molar-refractivity contribution in [2.45, 2.75) is 59.5 Å². The molecule has 1 unspecified atom stereocenters. The van der Waals surface area contributed by atoms with Crippen LogP contribution in [0, 0.1) is 13.8 Å². The van der Waals surface area contributed by atoms with E-state index in [0.29, 0.717) is 32.5 Å². The first kappa shape index (κ1) is 24.6. The molecule has 8 nitrogen and oxygen atoms in total. The number of urea groups is 1. The molecule has 1 aliphatic rings. The molecule has 0 bridgehead atoms. The zero-order chi connectivity index (χ0) is 20.0. The van der Waals surface area contributed by atoms with Crippen LogP contribution in [0.1, 0.15) is 49.2 Å². The summed E-state index contributed by atoms with van der Waals surface area (Å²) in [5.74, 6) is 0.574. The third-order valence-electron chi connectivity index (χ3n) is 4.63. The van der Waals surface area contributed by atoms with Gasteiger partial charge in [-0.1, -0.05) is 6.92 Å². The second-order valence-corrected chi connectivity index (χ2v) is 8.08. The van der Waals surface area contributed by atoms with Crippen LogP contribution < -0.4 is 16.0 Å². The molecule has 3 amide bonds. The third kappa shape index (κ3) is 6.03. The van der Waals surface area contributed by atoms with Crippen LogP contribution in [0.3, 0.4) is 0 Å². The van der Waals surface area contributed by atoms with Crippen LogP contribution in [0.25, 0.3) is 0 Å². The van der Waals surface area contributed by atoms with Crippen molar-refractivity contribution in [2.24, 2.45) is 4.99 Å². The minimum absolute atomic E-state index is 0. The number of hydrogen-bond acceptors (Lipinski definition) is 5. The van der Waals surface area contributed by atoms with E-state index in [1.807, 2.05) is 27.7 Å². The van der Waals surface area contributed by atoms with E-state index >= 15 is 0 Å². The summed E-state index contributed by atoms with van der Waals surface area (Å²) in [6.07, 6.45) is 1.24.